The number of rotatable bonds is 13. The van der Waals surface area contributed by atoms with Gasteiger partial charge in [-0.25, -0.2) is 13.2 Å². The van der Waals surface area contributed by atoms with Crippen LogP contribution in [0, 0.1) is 94.5 Å². The molecule has 2 aromatic carbocycles. The summed E-state index contributed by atoms with van der Waals surface area (Å²) in [7, 11) is 4.17. The van der Waals surface area contributed by atoms with Crippen molar-refractivity contribution in [3.8, 4) is 11.1 Å². The van der Waals surface area contributed by atoms with Crippen LogP contribution in [0.4, 0.5) is 13.2 Å². The van der Waals surface area contributed by atoms with E-state index in [1.165, 1.54) is 29.3 Å². The summed E-state index contributed by atoms with van der Waals surface area (Å²) < 4.78 is 40.2. The molecule has 0 amide bonds. The van der Waals surface area contributed by atoms with Crippen molar-refractivity contribution in [2.45, 2.75) is 80.6 Å². The molecular formula is C43H66CeF3N3-2. The molecule has 0 aliphatic heterocycles. The molecule has 2 rings (SSSR count). The average molecular weight is 822 g/mol. The third-order valence-electron chi connectivity index (χ3n) is 7.28. The molecule has 0 bridgehead atoms. The molecule has 7 heteroatoms. The smallest absolute Gasteiger partial charge is 0.270 e. The Labute approximate surface area is 339 Å². The third kappa shape index (κ3) is 22.4. The van der Waals surface area contributed by atoms with Gasteiger partial charge in [0.15, 0.2) is 0 Å². The van der Waals surface area contributed by atoms with Crippen LogP contribution in [0.15, 0.2) is 104 Å². The van der Waals surface area contributed by atoms with Gasteiger partial charge in [-0.3, -0.25) is 0 Å². The fourth-order valence-corrected chi connectivity index (χ4v) is 4.60. The van der Waals surface area contributed by atoms with E-state index in [0.29, 0.717) is 11.5 Å². The normalized spacial score (nSPS) is 11.6. The molecule has 50 heavy (non-hydrogen) atoms. The van der Waals surface area contributed by atoms with Gasteiger partial charge in [0.1, 0.15) is 5.82 Å². The van der Waals surface area contributed by atoms with Gasteiger partial charge in [-0.1, -0.05) is 39.1 Å². The number of allylic oxidation sites excluding steroid dienone is 3. The van der Waals surface area contributed by atoms with Crippen LogP contribution >= 0.6 is 0 Å². The van der Waals surface area contributed by atoms with Gasteiger partial charge in [0, 0.05) is 78.6 Å². The number of halogens is 3. The van der Waals surface area contributed by atoms with Gasteiger partial charge in [-0.15, -0.1) is 25.3 Å². The zero-order valence-electron chi connectivity index (χ0n) is 33.0. The zero-order chi connectivity index (χ0) is 37.8. The van der Waals surface area contributed by atoms with Crippen molar-refractivity contribution in [1.82, 2.24) is 10.2 Å². The van der Waals surface area contributed by atoms with Gasteiger partial charge >= 0.3 is 0 Å². The van der Waals surface area contributed by atoms with E-state index < -0.39 is 5.92 Å². The van der Waals surface area contributed by atoms with E-state index in [4.69, 9.17) is 5.73 Å². The number of alkyl halides is 2. The minimum absolute atomic E-state index is 0. The summed E-state index contributed by atoms with van der Waals surface area (Å²) in [6, 6.07) is 7.84. The summed E-state index contributed by atoms with van der Waals surface area (Å²) >= 11 is 0. The molecule has 0 fully saturated rings. The van der Waals surface area contributed by atoms with E-state index in [2.05, 4.69) is 91.0 Å². The summed E-state index contributed by atoms with van der Waals surface area (Å²) in [6.45, 7) is 36.5. The van der Waals surface area contributed by atoms with Crippen molar-refractivity contribution in [2.24, 2.45) is 17.6 Å². The molecule has 3 N–H and O–H groups in total. The maximum Gasteiger partial charge on any atom is 0.270 e. The molecule has 0 aromatic heterocycles. The van der Waals surface area contributed by atoms with Crippen LogP contribution in [0.1, 0.15) is 76.1 Å². The number of nitrogens with two attached hydrogens (primary N) is 1. The van der Waals surface area contributed by atoms with Crippen molar-refractivity contribution in [3.63, 3.8) is 0 Å². The molecule has 1 unspecified atom stereocenters. The van der Waals surface area contributed by atoms with Gasteiger partial charge in [0.2, 0.25) is 0 Å². The van der Waals surface area contributed by atoms with Crippen LogP contribution in [0.5, 0.6) is 0 Å². The number of hydrogen-bond acceptors (Lipinski definition) is 3. The fourth-order valence-electron chi connectivity index (χ4n) is 4.60. The summed E-state index contributed by atoms with van der Waals surface area (Å²) in [5, 5.41) is 3.09. The van der Waals surface area contributed by atoms with E-state index in [0.717, 1.165) is 66.3 Å². The molecule has 1 atom stereocenters. The first kappa shape index (κ1) is 54.4. The number of nitrogens with zero attached hydrogens (tertiary/aromatic N) is 1. The first-order valence-electron chi connectivity index (χ1n) is 16.3. The minimum atomic E-state index is -2.85. The molecule has 0 saturated heterocycles. The molecule has 0 spiro atoms. The van der Waals surface area contributed by atoms with Crippen molar-refractivity contribution < 1.29 is 54.9 Å². The van der Waals surface area contributed by atoms with E-state index in [-0.39, 0.29) is 66.5 Å². The van der Waals surface area contributed by atoms with E-state index in [1.807, 2.05) is 13.1 Å². The molecule has 0 saturated carbocycles. The number of hydrogen-bond donors (Lipinski definition) is 2. The molecule has 0 aliphatic rings. The second kappa shape index (κ2) is 28.2. The van der Waals surface area contributed by atoms with Gasteiger partial charge in [0.05, 0.1) is 0 Å². The second-order valence-corrected chi connectivity index (χ2v) is 12.8. The minimum Gasteiger partial charge on any atom is -0.402 e. The van der Waals surface area contributed by atoms with Crippen LogP contribution in [0.2, 0.25) is 0 Å². The quantitative estimate of drug-likeness (QED) is 0.120. The summed E-state index contributed by atoms with van der Waals surface area (Å²) in [6.07, 6.45) is 8.84. The van der Waals surface area contributed by atoms with Gasteiger partial charge in [-0.05, 0) is 137 Å². The molecule has 0 radical (unpaired) electrons. The standard InChI is InChI=1S/C18H33N3.C17H17F3.C5H9.C2H4.CH3.Ce/c1-8-20-13-17(9-10-21(6)7)15(4)12-18(16(5)19)11-14(2)3;1-10-7-13(5-6-15(10)18)16-11(2)8-14(9-12(16)3)17(4,19)20;1-4-5(2)3;1-2;;/h8,12-14,18,20H,1,5,9-11,19H2,2-4,6-7H3;5-9H,1-4H3;1-2,4H2,3H3;1-2H2;1H3;/q;;-1;;-1;/b15-12-,17-13-;;;;;. The monoisotopic (exact) mass is 821 g/mol. The molecule has 2 aromatic rings. The second-order valence-electron chi connectivity index (χ2n) is 12.8. The zero-order valence-corrected chi connectivity index (χ0v) is 36.1. The first-order chi connectivity index (χ1) is 22.2. The van der Waals surface area contributed by atoms with Gasteiger partial charge < -0.3 is 30.3 Å². The topological polar surface area (TPSA) is 41.3 Å². The fraction of sp³-hybridized carbons (Fsp3) is 0.395. The Kier molecular flexibility index (Phi) is 30.7. The predicted molar refractivity (Wildman–Crippen MR) is 213 cm³/mol. The Balaban J connectivity index is -0.000000345. The maximum absolute atomic E-state index is 13.4. The van der Waals surface area contributed by atoms with Crippen molar-refractivity contribution in [2.75, 3.05) is 20.6 Å². The number of benzene rings is 2. The van der Waals surface area contributed by atoms with E-state index >= 15 is 0 Å². The number of nitrogens with one attached hydrogen (secondary N) is 1. The molecule has 0 heterocycles. The Hall–Kier alpha value is -2.39. The van der Waals surface area contributed by atoms with Crippen molar-refractivity contribution in [1.29, 1.82) is 0 Å². The Bertz CT molecular complexity index is 1340. The van der Waals surface area contributed by atoms with Crippen LogP contribution < -0.4 is 11.1 Å². The number of aryl methyl sites for hydroxylation is 3. The molecule has 0 aliphatic carbocycles. The Morgan fingerprint density at radius 2 is 1.52 bits per heavy atom. The van der Waals surface area contributed by atoms with Gasteiger partial charge in [-0.2, -0.15) is 6.42 Å². The average Bonchev–Trinajstić information content (AvgIpc) is 2.99. The molecule has 280 valence electrons. The summed E-state index contributed by atoms with van der Waals surface area (Å²) in [5.74, 6) is -2.29. The van der Waals surface area contributed by atoms with Crippen LogP contribution in [0.25, 0.3) is 11.1 Å². The Morgan fingerprint density at radius 3 is 1.88 bits per heavy atom. The summed E-state index contributed by atoms with van der Waals surface area (Å²) in [5.41, 5.74) is 14.2. The first-order valence-corrected chi connectivity index (χ1v) is 16.3. The third-order valence-corrected chi connectivity index (χ3v) is 7.28. The van der Waals surface area contributed by atoms with E-state index in [1.54, 1.807) is 39.1 Å². The van der Waals surface area contributed by atoms with Gasteiger partial charge in [0.25, 0.3) is 5.92 Å². The van der Waals surface area contributed by atoms with Crippen LogP contribution in [0.3, 0.4) is 0 Å². The van der Waals surface area contributed by atoms with Crippen molar-refractivity contribution in [3.05, 3.63) is 147 Å². The summed E-state index contributed by atoms with van der Waals surface area (Å²) in [4.78, 5) is 2.18. The van der Waals surface area contributed by atoms with Crippen LogP contribution in [-0.4, -0.2) is 25.5 Å². The largest absolute Gasteiger partial charge is 0.402 e. The van der Waals surface area contributed by atoms with E-state index in [9.17, 15) is 13.2 Å². The van der Waals surface area contributed by atoms with Crippen LogP contribution in [-0.2, 0) is 5.92 Å². The molecular weight excluding hydrogens is 756 g/mol. The molecule has 3 nitrogen and oxygen atoms in total. The van der Waals surface area contributed by atoms with Crippen molar-refractivity contribution >= 4 is 0 Å². The Morgan fingerprint density at radius 1 is 1.02 bits per heavy atom. The maximum atomic E-state index is 13.4. The predicted octanol–water partition coefficient (Wildman–Crippen LogP) is 12.2. The SMILES string of the molecule is C=C.C=C(C)C[CH2-].C=CN/C=C(CCN(C)C)\C(C)=C/C(CC(C)C)C(=C)N.Cc1cc(-c2c(C)cc(C(C)(F)F)cc2C)ccc1F.[CH3-].[Ce].